The van der Waals surface area contributed by atoms with Crippen LogP contribution in [0.4, 0.5) is 30.7 Å². The van der Waals surface area contributed by atoms with Crippen LogP contribution in [-0.4, -0.2) is 37.0 Å². The van der Waals surface area contributed by atoms with E-state index in [1.807, 2.05) is 0 Å². The van der Waals surface area contributed by atoms with E-state index in [9.17, 15) is 30.7 Å². The number of hydrogen-bond donors (Lipinski definition) is 0. The van der Waals surface area contributed by atoms with E-state index in [-0.39, 0.29) is 12.8 Å². The molecule has 3 aliphatic carbocycles. The molecule has 0 heterocycles. The fourth-order valence-corrected chi connectivity index (χ4v) is 5.49. The van der Waals surface area contributed by atoms with Crippen LogP contribution >= 0.6 is 0 Å². The van der Waals surface area contributed by atoms with Gasteiger partial charge in [0.05, 0.1) is 12.0 Å². The lowest BCUT2D eigenvalue weighted by Crippen LogP contribution is -2.49. The van der Waals surface area contributed by atoms with E-state index in [2.05, 4.69) is 11.7 Å². The van der Waals surface area contributed by atoms with Crippen molar-refractivity contribution in [2.24, 2.45) is 23.7 Å². The minimum absolute atomic E-state index is 0.286. The van der Waals surface area contributed by atoms with Crippen LogP contribution in [0.2, 0.25) is 0 Å². The van der Waals surface area contributed by atoms with Gasteiger partial charge in [-0.3, -0.25) is 4.74 Å². The summed E-state index contributed by atoms with van der Waals surface area (Å²) in [6, 6.07) is 0. The molecule has 0 aromatic rings. The Morgan fingerprint density at radius 1 is 0.667 bits per heavy atom. The van der Waals surface area contributed by atoms with Gasteiger partial charge in [0.15, 0.2) is 0 Å². The summed E-state index contributed by atoms with van der Waals surface area (Å²) < 4.78 is 102. The lowest BCUT2D eigenvalue weighted by atomic mass is 9.69. The molecule has 0 radical (unpaired) electrons. The first-order valence-electron chi connectivity index (χ1n) is 11.0. The number of alkyl halides is 7. The lowest BCUT2D eigenvalue weighted by molar-refractivity contribution is -0.364. The highest BCUT2D eigenvalue weighted by atomic mass is 19.4. The molecule has 2 atom stereocenters. The summed E-state index contributed by atoms with van der Waals surface area (Å²) in [6.45, 7) is 2.23. The first-order chi connectivity index (χ1) is 13.9. The zero-order valence-corrected chi connectivity index (χ0v) is 17.2. The number of hydrogen-bond acceptors (Lipinski definition) is 2. The molecule has 0 N–H and O–H groups in total. The van der Waals surface area contributed by atoms with E-state index in [4.69, 9.17) is 4.74 Å². The molecule has 0 aromatic heterocycles. The van der Waals surface area contributed by atoms with Gasteiger partial charge in [0.2, 0.25) is 0 Å². The molecule has 0 aliphatic heterocycles. The van der Waals surface area contributed by atoms with Gasteiger partial charge in [0, 0.05) is 12.8 Å². The van der Waals surface area contributed by atoms with Crippen molar-refractivity contribution in [1.82, 2.24) is 0 Å². The number of rotatable bonds is 5. The summed E-state index contributed by atoms with van der Waals surface area (Å²) in [7, 11) is 0. The maximum Gasteiger partial charge on any atom is 0.522 e. The van der Waals surface area contributed by atoms with Crippen LogP contribution in [0, 0.1) is 23.7 Å². The zero-order valence-electron chi connectivity index (χ0n) is 17.2. The smallest absolute Gasteiger partial charge is 0.317 e. The minimum Gasteiger partial charge on any atom is -0.317 e. The number of ether oxygens (including phenoxy) is 2. The second-order valence-corrected chi connectivity index (χ2v) is 9.46. The van der Waals surface area contributed by atoms with E-state index in [1.165, 1.54) is 12.8 Å². The van der Waals surface area contributed by atoms with E-state index in [0.717, 1.165) is 18.8 Å². The summed E-state index contributed by atoms with van der Waals surface area (Å²) in [5.74, 6) is 0.715. The van der Waals surface area contributed by atoms with E-state index < -0.39 is 55.8 Å². The standard InChI is InChI=1S/C21H31F7O2/c1-12-2-4-13(5-3-12)14-6-8-15(9-7-14)20(24,25)29-16-10-17(22)19(18(23)11-16)30-21(26,27)28/h12-19H,2-11H2,1H3. The highest BCUT2D eigenvalue weighted by Gasteiger charge is 2.50. The third-order valence-corrected chi connectivity index (χ3v) is 7.26. The van der Waals surface area contributed by atoms with Crippen molar-refractivity contribution in [3.8, 4) is 0 Å². The van der Waals surface area contributed by atoms with E-state index >= 15 is 0 Å². The molecule has 0 spiro atoms. The molecule has 0 bridgehead atoms. The Morgan fingerprint density at radius 2 is 1.13 bits per heavy atom. The first-order valence-corrected chi connectivity index (χ1v) is 11.0. The maximum atomic E-state index is 14.7. The van der Waals surface area contributed by atoms with Crippen LogP contribution in [0.3, 0.4) is 0 Å². The normalized spacial score (nSPS) is 41.6. The molecule has 3 rings (SSSR count). The second-order valence-electron chi connectivity index (χ2n) is 9.46. The van der Waals surface area contributed by atoms with Gasteiger partial charge in [-0.15, -0.1) is 13.2 Å². The van der Waals surface area contributed by atoms with Gasteiger partial charge in [0.1, 0.15) is 18.4 Å². The molecule has 0 amide bonds. The third-order valence-electron chi connectivity index (χ3n) is 7.26. The van der Waals surface area contributed by atoms with E-state index in [1.54, 1.807) is 0 Å². The van der Waals surface area contributed by atoms with Crippen LogP contribution in [0.5, 0.6) is 0 Å². The summed E-state index contributed by atoms with van der Waals surface area (Å²) >= 11 is 0. The predicted octanol–water partition coefficient (Wildman–Crippen LogP) is 6.97. The predicted molar refractivity (Wildman–Crippen MR) is 96.3 cm³/mol. The Hall–Kier alpha value is -0.570. The van der Waals surface area contributed by atoms with Crippen LogP contribution in [0.15, 0.2) is 0 Å². The Bertz CT molecular complexity index is 528. The zero-order chi connectivity index (χ0) is 22.1. The maximum absolute atomic E-state index is 14.7. The molecule has 2 nitrogen and oxygen atoms in total. The molecule has 2 unspecified atom stereocenters. The molecule has 3 fully saturated rings. The molecular weight excluding hydrogens is 417 g/mol. The number of halogens is 7. The molecule has 3 saturated carbocycles. The quantitative estimate of drug-likeness (QED) is 0.423. The molecule has 176 valence electrons. The van der Waals surface area contributed by atoms with E-state index in [0.29, 0.717) is 24.7 Å². The van der Waals surface area contributed by atoms with Crippen LogP contribution in [0.25, 0.3) is 0 Å². The Labute approximate surface area is 172 Å². The highest BCUT2D eigenvalue weighted by Crippen LogP contribution is 2.46. The van der Waals surface area contributed by atoms with Crippen LogP contribution < -0.4 is 0 Å². The summed E-state index contributed by atoms with van der Waals surface area (Å²) in [5, 5.41) is 0. The van der Waals surface area contributed by atoms with Crippen molar-refractivity contribution in [3.63, 3.8) is 0 Å². The van der Waals surface area contributed by atoms with Gasteiger partial charge in [0.25, 0.3) is 0 Å². The Balaban J connectivity index is 1.48. The van der Waals surface area contributed by atoms with Gasteiger partial charge in [-0.1, -0.05) is 19.8 Å². The van der Waals surface area contributed by atoms with Crippen LogP contribution in [-0.2, 0) is 9.47 Å². The van der Waals surface area contributed by atoms with Crippen molar-refractivity contribution < 1.29 is 40.2 Å². The fourth-order valence-electron chi connectivity index (χ4n) is 5.49. The van der Waals surface area contributed by atoms with Crippen molar-refractivity contribution in [1.29, 1.82) is 0 Å². The lowest BCUT2D eigenvalue weighted by Gasteiger charge is -2.41. The Kier molecular flexibility index (Phi) is 7.63. The van der Waals surface area contributed by atoms with Crippen molar-refractivity contribution >= 4 is 0 Å². The average Bonchev–Trinajstić information content (AvgIpc) is 2.64. The molecule has 0 saturated heterocycles. The average molecular weight is 448 g/mol. The van der Waals surface area contributed by atoms with Crippen molar-refractivity contribution in [3.05, 3.63) is 0 Å². The first kappa shape index (κ1) is 24.1. The largest absolute Gasteiger partial charge is 0.522 e. The summed E-state index contributed by atoms with van der Waals surface area (Å²) in [4.78, 5) is 0. The van der Waals surface area contributed by atoms with Crippen LogP contribution in [0.1, 0.15) is 71.1 Å². The van der Waals surface area contributed by atoms with Gasteiger partial charge in [-0.25, -0.2) is 8.78 Å². The topological polar surface area (TPSA) is 18.5 Å². The Morgan fingerprint density at radius 3 is 1.60 bits per heavy atom. The van der Waals surface area contributed by atoms with Crippen molar-refractivity contribution in [2.45, 2.75) is 108 Å². The van der Waals surface area contributed by atoms with Gasteiger partial charge in [-0.2, -0.15) is 8.78 Å². The molecule has 3 aliphatic rings. The monoisotopic (exact) mass is 448 g/mol. The highest BCUT2D eigenvalue weighted by molar-refractivity contribution is 4.90. The molecular formula is C21H31F7O2. The molecule has 0 aromatic carbocycles. The van der Waals surface area contributed by atoms with Gasteiger partial charge in [-0.05, 0) is 56.3 Å². The third kappa shape index (κ3) is 6.24. The van der Waals surface area contributed by atoms with Gasteiger partial charge >= 0.3 is 12.5 Å². The summed E-state index contributed by atoms with van der Waals surface area (Å²) in [6.07, 6.45) is -12.2. The molecule has 30 heavy (non-hydrogen) atoms. The minimum atomic E-state index is -5.19. The van der Waals surface area contributed by atoms with Gasteiger partial charge < -0.3 is 4.74 Å². The molecule has 9 heteroatoms. The summed E-state index contributed by atoms with van der Waals surface area (Å²) in [5.41, 5.74) is 0. The van der Waals surface area contributed by atoms with Crippen molar-refractivity contribution in [2.75, 3.05) is 0 Å². The second kappa shape index (κ2) is 9.51. The SMILES string of the molecule is CC1CCC(C2CCC(C(F)(F)OC3CC(F)C(OC(F)(F)F)C(F)C3)CC2)CC1. The fraction of sp³-hybridized carbons (Fsp3) is 1.00.